The number of rotatable bonds is 24. The van der Waals surface area contributed by atoms with E-state index in [2.05, 4.69) is 79.5 Å². The van der Waals surface area contributed by atoms with Gasteiger partial charge in [-0.15, -0.1) is 0 Å². The van der Waals surface area contributed by atoms with Crippen LogP contribution in [0.2, 0.25) is 0 Å². The molecule has 3 aromatic carbocycles. The molecule has 0 spiro atoms. The largest absolute Gasteiger partial charge is 0.453 e. The number of carbonyl (C=O) groups excluding carboxylic acids is 2. The Morgan fingerprint density at radius 1 is 0.764 bits per heavy atom. The van der Waals surface area contributed by atoms with Gasteiger partial charge in [0.15, 0.2) is 12.4 Å². The van der Waals surface area contributed by atoms with E-state index in [4.69, 9.17) is 14.2 Å². The van der Waals surface area contributed by atoms with Gasteiger partial charge in [-0.1, -0.05) is 152 Å². The van der Waals surface area contributed by atoms with E-state index >= 15 is 0 Å². The first kappa shape index (κ1) is 44.2. The summed E-state index contributed by atoms with van der Waals surface area (Å²) in [4.78, 5) is 26.3. The third-order valence-corrected chi connectivity index (χ3v) is 10.8. The van der Waals surface area contributed by atoms with E-state index in [0.29, 0.717) is 6.54 Å². The molecular formula is C47H68N2O6. The van der Waals surface area contributed by atoms with Crippen molar-refractivity contribution in [2.24, 2.45) is 5.92 Å². The molecule has 302 valence electrons. The number of amides is 1. The molecule has 0 bridgehead atoms. The molecule has 1 aliphatic rings. The summed E-state index contributed by atoms with van der Waals surface area (Å²) < 4.78 is 18.7. The minimum absolute atomic E-state index is 0.0146. The zero-order valence-electron chi connectivity index (χ0n) is 34.3. The molecular weight excluding hydrogens is 689 g/mol. The summed E-state index contributed by atoms with van der Waals surface area (Å²) in [5.41, 5.74) is 5.99. The molecule has 4 rings (SSSR count). The fourth-order valence-electron chi connectivity index (χ4n) is 7.44. The Morgan fingerprint density at radius 2 is 1.36 bits per heavy atom. The molecule has 0 aromatic heterocycles. The number of esters is 1. The number of aliphatic hydroxyl groups is 1. The van der Waals surface area contributed by atoms with Crippen molar-refractivity contribution in [2.45, 2.75) is 149 Å². The second-order valence-electron chi connectivity index (χ2n) is 15.4. The number of nitrogens with one attached hydrogen (secondary N) is 1. The van der Waals surface area contributed by atoms with Crippen LogP contribution in [-0.2, 0) is 37.0 Å². The highest BCUT2D eigenvalue weighted by Gasteiger charge is 2.39. The van der Waals surface area contributed by atoms with Crippen molar-refractivity contribution in [2.75, 3.05) is 19.6 Å². The molecule has 2 N–H and O–H groups in total. The lowest BCUT2D eigenvalue weighted by molar-refractivity contribution is -0.276. The molecule has 1 aliphatic heterocycles. The van der Waals surface area contributed by atoms with Crippen LogP contribution < -0.4 is 5.32 Å². The fraction of sp³-hybridized carbons (Fsp3) is 0.574. The number of benzene rings is 3. The first-order valence-electron chi connectivity index (χ1n) is 21.1. The Balaban J connectivity index is 1.49. The van der Waals surface area contributed by atoms with Gasteiger partial charge >= 0.3 is 5.97 Å². The highest BCUT2D eigenvalue weighted by atomic mass is 16.7. The van der Waals surface area contributed by atoms with Crippen molar-refractivity contribution < 1.29 is 28.9 Å². The van der Waals surface area contributed by atoms with Crippen LogP contribution >= 0.6 is 0 Å². The Bertz CT molecular complexity index is 1530. The average Bonchev–Trinajstić information content (AvgIpc) is 3.20. The van der Waals surface area contributed by atoms with Crippen LogP contribution in [0.3, 0.4) is 0 Å². The van der Waals surface area contributed by atoms with Gasteiger partial charge in [0.05, 0.1) is 18.8 Å². The van der Waals surface area contributed by atoms with E-state index in [1.807, 2.05) is 24.3 Å². The molecule has 1 saturated heterocycles. The number of ether oxygens (including phenoxy) is 3. The lowest BCUT2D eigenvalue weighted by Crippen LogP contribution is -2.45. The SMILES string of the molecule is CCCCCCCCN(CCCCCCCC)C[C@@H]1O[C@H](c2ccc(-c3cccc(CNC(=O)[C@H](C)OC(C)=O)c3)cc2)O[C@H](c2ccc(CO)cc2)[C@@H]1C. The first-order valence-corrected chi connectivity index (χ1v) is 21.1. The Hall–Kier alpha value is -3.56. The zero-order valence-corrected chi connectivity index (χ0v) is 34.3. The maximum absolute atomic E-state index is 12.4. The number of carbonyl (C=O) groups is 2. The minimum atomic E-state index is -0.844. The van der Waals surface area contributed by atoms with Crippen molar-refractivity contribution >= 4 is 11.9 Å². The van der Waals surface area contributed by atoms with E-state index in [9.17, 15) is 14.7 Å². The average molecular weight is 757 g/mol. The highest BCUT2D eigenvalue weighted by Crippen LogP contribution is 2.42. The molecule has 0 aliphatic carbocycles. The van der Waals surface area contributed by atoms with E-state index in [1.54, 1.807) is 6.92 Å². The highest BCUT2D eigenvalue weighted by molar-refractivity contribution is 5.82. The van der Waals surface area contributed by atoms with Gasteiger partial charge in [-0.05, 0) is 66.7 Å². The fourth-order valence-corrected chi connectivity index (χ4v) is 7.44. The van der Waals surface area contributed by atoms with Gasteiger partial charge in [0, 0.05) is 31.5 Å². The quantitative estimate of drug-likeness (QED) is 0.0694. The number of aliphatic hydroxyl groups excluding tert-OH is 1. The molecule has 8 nitrogen and oxygen atoms in total. The zero-order chi connectivity index (χ0) is 39.4. The van der Waals surface area contributed by atoms with Gasteiger partial charge in [-0.25, -0.2) is 0 Å². The lowest BCUT2D eigenvalue weighted by Gasteiger charge is -2.43. The summed E-state index contributed by atoms with van der Waals surface area (Å²) in [7, 11) is 0. The van der Waals surface area contributed by atoms with E-state index < -0.39 is 18.4 Å². The summed E-state index contributed by atoms with van der Waals surface area (Å²) in [5.74, 6) is -0.684. The van der Waals surface area contributed by atoms with Crippen molar-refractivity contribution in [1.29, 1.82) is 0 Å². The van der Waals surface area contributed by atoms with E-state index in [0.717, 1.165) is 53.0 Å². The van der Waals surface area contributed by atoms with Crippen molar-refractivity contribution in [1.82, 2.24) is 10.2 Å². The third kappa shape index (κ3) is 14.8. The number of nitrogens with zero attached hydrogens (tertiary/aromatic N) is 1. The molecule has 1 fully saturated rings. The molecule has 1 amide bonds. The summed E-state index contributed by atoms with van der Waals surface area (Å²) in [6, 6.07) is 24.6. The van der Waals surface area contributed by atoms with E-state index in [1.165, 1.54) is 84.0 Å². The van der Waals surface area contributed by atoms with Crippen LogP contribution in [0.4, 0.5) is 0 Å². The monoisotopic (exact) mass is 757 g/mol. The summed E-state index contributed by atoms with van der Waals surface area (Å²) in [6.45, 7) is 13.1. The van der Waals surface area contributed by atoms with Crippen LogP contribution in [0.15, 0.2) is 72.8 Å². The summed E-state index contributed by atoms with van der Waals surface area (Å²) in [5, 5.41) is 12.6. The van der Waals surface area contributed by atoms with Gasteiger partial charge in [-0.3, -0.25) is 9.59 Å². The van der Waals surface area contributed by atoms with Gasteiger partial charge in [0.2, 0.25) is 0 Å². The Morgan fingerprint density at radius 3 is 1.96 bits per heavy atom. The smallest absolute Gasteiger partial charge is 0.303 e. The Labute approximate surface area is 331 Å². The van der Waals surface area contributed by atoms with Crippen molar-refractivity contribution in [3.8, 4) is 11.1 Å². The summed E-state index contributed by atoms with van der Waals surface area (Å²) >= 11 is 0. The first-order chi connectivity index (χ1) is 26.7. The second kappa shape index (κ2) is 24.2. The van der Waals surface area contributed by atoms with E-state index in [-0.39, 0.29) is 30.6 Å². The minimum Gasteiger partial charge on any atom is -0.453 e. The number of hydrogen-bond acceptors (Lipinski definition) is 7. The van der Waals surface area contributed by atoms with Crippen LogP contribution in [0, 0.1) is 5.92 Å². The Kier molecular flexibility index (Phi) is 19.4. The molecule has 55 heavy (non-hydrogen) atoms. The topological polar surface area (TPSA) is 97.3 Å². The molecule has 0 unspecified atom stereocenters. The van der Waals surface area contributed by atoms with Gasteiger partial charge in [0.25, 0.3) is 5.91 Å². The van der Waals surface area contributed by atoms with Crippen LogP contribution in [-0.4, -0.2) is 53.7 Å². The van der Waals surface area contributed by atoms with Crippen molar-refractivity contribution in [3.63, 3.8) is 0 Å². The van der Waals surface area contributed by atoms with Gasteiger partial charge in [0.1, 0.15) is 0 Å². The molecule has 5 atom stereocenters. The number of unbranched alkanes of at least 4 members (excludes halogenated alkanes) is 10. The van der Waals surface area contributed by atoms with Crippen LogP contribution in [0.1, 0.15) is 146 Å². The van der Waals surface area contributed by atoms with Crippen molar-refractivity contribution in [3.05, 3.63) is 95.1 Å². The third-order valence-electron chi connectivity index (χ3n) is 10.8. The molecule has 8 heteroatoms. The summed E-state index contributed by atoms with van der Waals surface area (Å²) in [6.07, 6.45) is 13.9. The predicted octanol–water partition coefficient (Wildman–Crippen LogP) is 10.2. The standard InChI is InChI=1S/C47H68N2O6/c1-6-8-10-12-14-16-29-49(30-17-15-13-11-9-7-2)33-44-35(3)45(41-23-21-38(34-50)22-24-41)55-47(54-44)42-27-25-40(26-28-42)43-20-18-19-39(31-43)32-48-46(52)36(4)53-37(5)51/h18-28,31,35-36,44-45,47,50H,6-17,29-30,32-34H2,1-5H3,(H,48,52)/t35-,36+,44+,45+,47+/m1/s1. The lowest BCUT2D eigenvalue weighted by atomic mass is 9.89. The molecule has 1 heterocycles. The molecule has 3 aromatic rings. The predicted molar refractivity (Wildman–Crippen MR) is 221 cm³/mol. The second-order valence-corrected chi connectivity index (χ2v) is 15.4. The van der Waals surface area contributed by atoms with Gasteiger partial charge < -0.3 is 29.5 Å². The van der Waals surface area contributed by atoms with Crippen LogP contribution in [0.25, 0.3) is 11.1 Å². The number of hydrogen-bond donors (Lipinski definition) is 2. The normalized spacial score (nSPS) is 19.0. The maximum atomic E-state index is 12.4. The van der Waals surface area contributed by atoms with Gasteiger partial charge in [-0.2, -0.15) is 0 Å². The molecule has 0 radical (unpaired) electrons. The molecule has 0 saturated carbocycles. The maximum Gasteiger partial charge on any atom is 0.303 e. The van der Waals surface area contributed by atoms with Crippen LogP contribution in [0.5, 0.6) is 0 Å².